The van der Waals surface area contributed by atoms with Crippen molar-refractivity contribution in [2.24, 2.45) is 4.99 Å². The van der Waals surface area contributed by atoms with Crippen LogP contribution in [-0.4, -0.2) is 6.21 Å². The number of aliphatic imine (C=N–C) groups is 1. The number of aryl methyl sites for hydroxylation is 2. The summed E-state index contributed by atoms with van der Waals surface area (Å²) in [4.78, 5) is 3.88. The second kappa shape index (κ2) is 6.90. The number of hydrogen-bond acceptors (Lipinski definition) is 1. The minimum absolute atomic E-state index is 0.162. The van der Waals surface area contributed by atoms with Crippen LogP contribution in [0.3, 0.4) is 0 Å². The Balaban J connectivity index is 3.20. The van der Waals surface area contributed by atoms with Gasteiger partial charge >= 0.3 is 0 Å². The molecule has 0 aliphatic rings. The number of rotatable bonds is 5. The minimum Gasteiger partial charge on any atom is -0.265 e. The molecule has 0 aliphatic carbocycles. The third-order valence-corrected chi connectivity index (χ3v) is 2.99. The summed E-state index contributed by atoms with van der Waals surface area (Å²) < 4.78 is 14.0. The standard InChI is InChI=1S/C16H20FN/c1-5-13-10-15(12(4)8-9-18-7-3)16(17)11-14(13)6-2/h7-11H,3,5-6H2,1-2,4H3/b12-8+,18-9-. The molecule has 18 heavy (non-hydrogen) atoms. The van der Waals surface area contributed by atoms with Gasteiger partial charge < -0.3 is 0 Å². The van der Waals surface area contributed by atoms with E-state index in [1.165, 1.54) is 11.8 Å². The van der Waals surface area contributed by atoms with Gasteiger partial charge in [-0.1, -0.05) is 20.4 Å². The fourth-order valence-electron chi connectivity index (χ4n) is 1.93. The van der Waals surface area contributed by atoms with Gasteiger partial charge in [-0.2, -0.15) is 0 Å². The highest BCUT2D eigenvalue weighted by atomic mass is 19.1. The molecule has 0 fully saturated rings. The zero-order chi connectivity index (χ0) is 13.5. The van der Waals surface area contributed by atoms with Crippen molar-refractivity contribution in [3.05, 3.63) is 53.5 Å². The average Bonchev–Trinajstić information content (AvgIpc) is 2.38. The van der Waals surface area contributed by atoms with Crippen LogP contribution in [0.4, 0.5) is 4.39 Å². The molecular weight excluding hydrogens is 225 g/mol. The number of halogens is 1. The molecule has 0 aliphatic heterocycles. The van der Waals surface area contributed by atoms with Gasteiger partial charge in [-0.3, -0.25) is 4.99 Å². The van der Waals surface area contributed by atoms with E-state index in [-0.39, 0.29) is 5.82 Å². The molecule has 0 atom stereocenters. The van der Waals surface area contributed by atoms with E-state index in [1.54, 1.807) is 18.4 Å². The van der Waals surface area contributed by atoms with Gasteiger partial charge in [-0.15, -0.1) is 0 Å². The second-order valence-electron chi connectivity index (χ2n) is 4.14. The molecule has 1 aromatic carbocycles. The molecule has 0 spiro atoms. The zero-order valence-electron chi connectivity index (χ0n) is 11.3. The Morgan fingerprint density at radius 1 is 1.28 bits per heavy atom. The second-order valence-corrected chi connectivity index (χ2v) is 4.14. The zero-order valence-corrected chi connectivity index (χ0v) is 11.3. The quantitative estimate of drug-likeness (QED) is 0.674. The third kappa shape index (κ3) is 3.39. The van der Waals surface area contributed by atoms with E-state index in [9.17, 15) is 4.39 Å². The molecule has 0 amide bonds. The van der Waals surface area contributed by atoms with Gasteiger partial charge in [0.25, 0.3) is 0 Å². The van der Waals surface area contributed by atoms with Gasteiger partial charge in [0.05, 0.1) is 0 Å². The molecule has 0 N–H and O–H groups in total. The smallest absolute Gasteiger partial charge is 0.130 e. The summed E-state index contributed by atoms with van der Waals surface area (Å²) in [5.74, 6) is -0.162. The number of nitrogens with zero attached hydrogens (tertiary/aromatic N) is 1. The molecule has 0 radical (unpaired) electrons. The molecule has 0 aromatic heterocycles. The fraction of sp³-hybridized carbons (Fsp3) is 0.312. The van der Waals surface area contributed by atoms with Gasteiger partial charge in [-0.25, -0.2) is 4.39 Å². The Morgan fingerprint density at radius 2 is 1.89 bits per heavy atom. The lowest BCUT2D eigenvalue weighted by Gasteiger charge is -2.10. The molecule has 1 nitrogen and oxygen atoms in total. The maximum Gasteiger partial charge on any atom is 0.130 e. The summed E-state index contributed by atoms with van der Waals surface area (Å²) in [7, 11) is 0. The molecule has 1 aromatic rings. The van der Waals surface area contributed by atoms with Crippen molar-refractivity contribution in [3.8, 4) is 0 Å². The highest BCUT2D eigenvalue weighted by Gasteiger charge is 2.08. The third-order valence-electron chi connectivity index (χ3n) is 2.99. The minimum atomic E-state index is -0.162. The lowest BCUT2D eigenvalue weighted by molar-refractivity contribution is 0.620. The largest absolute Gasteiger partial charge is 0.265 e. The van der Waals surface area contributed by atoms with Crippen LogP contribution in [-0.2, 0) is 12.8 Å². The van der Waals surface area contributed by atoms with Crippen molar-refractivity contribution >= 4 is 11.8 Å². The predicted octanol–water partition coefficient (Wildman–Crippen LogP) is 4.57. The molecule has 96 valence electrons. The summed E-state index contributed by atoms with van der Waals surface area (Å²) in [6.45, 7) is 9.52. The van der Waals surface area contributed by atoms with Crippen LogP contribution in [0.2, 0.25) is 0 Å². The molecule has 0 unspecified atom stereocenters. The van der Waals surface area contributed by atoms with Crippen LogP contribution < -0.4 is 0 Å². The monoisotopic (exact) mass is 245 g/mol. The molecule has 0 saturated carbocycles. The van der Waals surface area contributed by atoms with E-state index >= 15 is 0 Å². The lowest BCUT2D eigenvalue weighted by Crippen LogP contribution is -1.97. The lowest BCUT2D eigenvalue weighted by atomic mass is 9.96. The molecular formula is C16H20FN. The highest BCUT2D eigenvalue weighted by molar-refractivity contribution is 5.84. The maximum absolute atomic E-state index is 14.0. The summed E-state index contributed by atoms with van der Waals surface area (Å²) >= 11 is 0. The first-order chi connectivity index (χ1) is 8.63. The van der Waals surface area contributed by atoms with E-state index in [0.29, 0.717) is 5.56 Å². The fourth-order valence-corrected chi connectivity index (χ4v) is 1.93. The first-order valence-corrected chi connectivity index (χ1v) is 6.26. The molecule has 2 heteroatoms. The van der Waals surface area contributed by atoms with E-state index in [2.05, 4.69) is 18.5 Å². The van der Waals surface area contributed by atoms with Crippen molar-refractivity contribution < 1.29 is 4.39 Å². The van der Waals surface area contributed by atoms with Crippen LogP contribution in [0.5, 0.6) is 0 Å². The molecule has 1 rings (SSSR count). The van der Waals surface area contributed by atoms with Crippen molar-refractivity contribution in [2.75, 3.05) is 0 Å². The van der Waals surface area contributed by atoms with Gasteiger partial charge in [0.15, 0.2) is 0 Å². The van der Waals surface area contributed by atoms with Crippen molar-refractivity contribution in [1.29, 1.82) is 0 Å². The summed E-state index contributed by atoms with van der Waals surface area (Å²) in [5.41, 5.74) is 3.82. The Bertz CT molecular complexity index is 484. The van der Waals surface area contributed by atoms with Crippen molar-refractivity contribution in [2.45, 2.75) is 33.6 Å². The number of benzene rings is 1. The first kappa shape index (κ1) is 14.4. The van der Waals surface area contributed by atoms with Crippen LogP contribution in [0, 0.1) is 5.82 Å². The Hall–Kier alpha value is -1.70. The van der Waals surface area contributed by atoms with Crippen molar-refractivity contribution in [1.82, 2.24) is 0 Å². The van der Waals surface area contributed by atoms with Gasteiger partial charge in [0, 0.05) is 18.0 Å². The topological polar surface area (TPSA) is 12.4 Å². The van der Waals surface area contributed by atoms with E-state index in [0.717, 1.165) is 24.0 Å². The maximum atomic E-state index is 14.0. The van der Waals surface area contributed by atoms with Crippen LogP contribution in [0.25, 0.3) is 5.57 Å². The predicted molar refractivity (Wildman–Crippen MR) is 77.5 cm³/mol. The normalized spacial score (nSPS) is 12.1. The summed E-state index contributed by atoms with van der Waals surface area (Å²) in [6, 6.07) is 3.60. The Morgan fingerprint density at radius 3 is 2.44 bits per heavy atom. The first-order valence-electron chi connectivity index (χ1n) is 6.26. The van der Waals surface area contributed by atoms with E-state index < -0.39 is 0 Å². The molecule has 0 heterocycles. The Labute approximate surface area is 109 Å². The number of allylic oxidation sites excluding steroid dienone is 2. The summed E-state index contributed by atoms with van der Waals surface area (Å²) in [6.07, 6.45) is 6.66. The van der Waals surface area contributed by atoms with Crippen molar-refractivity contribution in [3.63, 3.8) is 0 Å². The molecule has 0 bridgehead atoms. The van der Waals surface area contributed by atoms with Gasteiger partial charge in [-0.05, 0) is 54.7 Å². The molecule has 0 saturated heterocycles. The van der Waals surface area contributed by atoms with Gasteiger partial charge in [0.1, 0.15) is 5.82 Å². The number of hydrogen-bond donors (Lipinski definition) is 0. The average molecular weight is 245 g/mol. The van der Waals surface area contributed by atoms with E-state index in [4.69, 9.17) is 0 Å². The summed E-state index contributed by atoms with van der Waals surface area (Å²) in [5, 5.41) is 0. The van der Waals surface area contributed by atoms with Gasteiger partial charge in [0.2, 0.25) is 0 Å². The highest BCUT2D eigenvalue weighted by Crippen LogP contribution is 2.23. The van der Waals surface area contributed by atoms with Crippen LogP contribution in [0.1, 0.15) is 37.5 Å². The van der Waals surface area contributed by atoms with Crippen LogP contribution in [0.15, 0.2) is 36.0 Å². The SMILES string of the molecule is C=C/N=C\C=C(/C)c1cc(CC)c(CC)cc1F. The van der Waals surface area contributed by atoms with E-state index in [1.807, 2.05) is 19.9 Å². The Kier molecular flexibility index (Phi) is 5.50. The van der Waals surface area contributed by atoms with Crippen LogP contribution >= 0.6 is 0 Å².